The van der Waals surface area contributed by atoms with Gasteiger partial charge in [0.25, 0.3) is 0 Å². The van der Waals surface area contributed by atoms with E-state index in [2.05, 4.69) is 10.3 Å². The molecule has 0 atom stereocenters. The van der Waals surface area contributed by atoms with Crippen molar-refractivity contribution in [1.82, 2.24) is 5.32 Å². The van der Waals surface area contributed by atoms with E-state index < -0.39 is 0 Å². The zero-order valence-electron chi connectivity index (χ0n) is 7.40. The predicted molar refractivity (Wildman–Crippen MR) is 55.9 cm³/mol. The van der Waals surface area contributed by atoms with Crippen LogP contribution >= 0.6 is 11.8 Å². The maximum atomic E-state index is 9.25. The first-order chi connectivity index (χ1) is 6.75. The molecular weight excluding hydrogens is 200 g/mol. The molecule has 1 aliphatic heterocycles. The molecule has 1 aromatic rings. The minimum absolute atomic E-state index is 0.101. The predicted octanol–water partition coefficient (Wildman–Crippen LogP) is 1.15. The van der Waals surface area contributed by atoms with Crippen LogP contribution in [0.1, 0.15) is 0 Å². The van der Waals surface area contributed by atoms with Crippen LogP contribution in [0, 0.1) is 0 Å². The maximum Gasteiger partial charge on any atom is 0.161 e. The smallest absolute Gasteiger partial charge is 0.161 e. The van der Waals surface area contributed by atoms with E-state index in [1.54, 1.807) is 6.07 Å². The average Bonchev–Trinajstić information content (AvgIpc) is 2.64. The Morgan fingerprint density at radius 2 is 2.14 bits per heavy atom. The Morgan fingerprint density at radius 1 is 1.29 bits per heavy atom. The highest BCUT2D eigenvalue weighted by Gasteiger charge is 2.08. The summed E-state index contributed by atoms with van der Waals surface area (Å²) >= 11 is 1.44. The van der Waals surface area contributed by atoms with Crippen molar-refractivity contribution in [3.8, 4) is 11.5 Å². The second-order valence-electron chi connectivity index (χ2n) is 2.87. The van der Waals surface area contributed by atoms with Gasteiger partial charge in [-0.25, -0.2) is 0 Å². The van der Waals surface area contributed by atoms with Crippen LogP contribution in [-0.4, -0.2) is 28.5 Å². The summed E-state index contributed by atoms with van der Waals surface area (Å²) in [7, 11) is 0. The van der Waals surface area contributed by atoms with E-state index in [-0.39, 0.29) is 11.5 Å². The standard InChI is InChI=1S/C9H10N2O2S/c12-7-2-1-6(5-8(7)13)14-9-10-3-4-11-9/h1-2,5,12-13H,3-4H2,(H,10,11). The largest absolute Gasteiger partial charge is 0.504 e. The van der Waals surface area contributed by atoms with Gasteiger partial charge < -0.3 is 15.5 Å². The van der Waals surface area contributed by atoms with Gasteiger partial charge in [-0.1, -0.05) is 11.8 Å². The van der Waals surface area contributed by atoms with Crippen molar-refractivity contribution in [3.63, 3.8) is 0 Å². The summed E-state index contributed by atoms with van der Waals surface area (Å²) in [4.78, 5) is 5.06. The number of aromatic hydroxyl groups is 2. The van der Waals surface area contributed by atoms with Gasteiger partial charge >= 0.3 is 0 Å². The van der Waals surface area contributed by atoms with Gasteiger partial charge in [-0.05, 0) is 18.2 Å². The Hall–Kier alpha value is -1.36. The van der Waals surface area contributed by atoms with Gasteiger partial charge in [0.15, 0.2) is 16.7 Å². The summed E-state index contributed by atoms with van der Waals surface area (Å²) < 4.78 is 0. The minimum atomic E-state index is -0.103. The highest BCUT2D eigenvalue weighted by atomic mass is 32.2. The number of nitrogens with zero attached hydrogens (tertiary/aromatic N) is 1. The third-order valence-corrected chi connectivity index (χ3v) is 2.76. The van der Waals surface area contributed by atoms with Crippen LogP contribution in [-0.2, 0) is 0 Å². The number of nitrogens with one attached hydrogen (secondary N) is 1. The van der Waals surface area contributed by atoms with Crippen molar-refractivity contribution < 1.29 is 10.2 Å². The molecule has 3 N–H and O–H groups in total. The van der Waals surface area contributed by atoms with E-state index in [9.17, 15) is 5.11 Å². The van der Waals surface area contributed by atoms with Crippen LogP contribution in [0.15, 0.2) is 28.1 Å². The van der Waals surface area contributed by atoms with E-state index in [1.807, 2.05) is 0 Å². The summed E-state index contributed by atoms with van der Waals surface area (Å²) in [5, 5.41) is 22.3. The summed E-state index contributed by atoms with van der Waals surface area (Å²) in [6.07, 6.45) is 0. The lowest BCUT2D eigenvalue weighted by Gasteiger charge is -2.03. The summed E-state index contributed by atoms with van der Waals surface area (Å²) in [5.41, 5.74) is 0. The van der Waals surface area contributed by atoms with Gasteiger partial charge in [-0.3, -0.25) is 4.99 Å². The first kappa shape index (κ1) is 9.21. The Bertz CT molecular complexity index is 379. The van der Waals surface area contributed by atoms with E-state index in [1.165, 1.54) is 23.9 Å². The molecule has 0 saturated carbocycles. The van der Waals surface area contributed by atoms with Crippen molar-refractivity contribution in [3.05, 3.63) is 18.2 Å². The van der Waals surface area contributed by atoms with Crippen LogP contribution in [0.25, 0.3) is 0 Å². The van der Waals surface area contributed by atoms with Crippen LogP contribution in [0.4, 0.5) is 0 Å². The van der Waals surface area contributed by atoms with E-state index in [0.717, 1.165) is 23.2 Å². The number of thioether (sulfide) groups is 1. The van der Waals surface area contributed by atoms with E-state index >= 15 is 0 Å². The molecule has 0 fully saturated rings. The lowest BCUT2D eigenvalue weighted by atomic mass is 10.3. The molecule has 4 nitrogen and oxygen atoms in total. The number of hydrogen-bond acceptors (Lipinski definition) is 5. The fraction of sp³-hybridized carbons (Fsp3) is 0.222. The number of amidine groups is 1. The molecule has 5 heteroatoms. The topological polar surface area (TPSA) is 64.9 Å². The Morgan fingerprint density at radius 3 is 2.79 bits per heavy atom. The normalized spacial score (nSPS) is 15.0. The SMILES string of the molecule is Oc1ccc(SC2=NCCN2)cc1O. The second-order valence-corrected chi connectivity index (χ2v) is 3.93. The van der Waals surface area contributed by atoms with Crippen LogP contribution in [0.5, 0.6) is 11.5 Å². The molecule has 0 bridgehead atoms. The fourth-order valence-corrected chi connectivity index (χ4v) is 1.98. The lowest BCUT2D eigenvalue weighted by Crippen LogP contribution is -2.14. The monoisotopic (exact) mass is 210 g/mol. The summed E-state index contributed by atoms with van der Waals surface area (Å²) in [6, 6.07) is 4.72. The van der Waals surface area contributed by atoms with Gasteiger partial charge in [-0.15, -0.1) is 0 Å². The molecule has 14 heavy (non-hydrogen) atoms. The first-order valence-corrected chi connectivity index (χ1v) is 5.05. The van der Waals surface area contributed by atoms with Crippen LogP contribution in [0.2, 0.25) is 0 Å². The number of phenolic OH excluding ortho intramolecular Hbond substituents is 2. The minimum Gasteiger partial charge on any atom is -0.504 e. The number of rotatable bonds is 1. The number of hydrogen-bond donors (Lipinski definition) is 3. The van der Waals surface area contributed by atoms with Gasteiger partial charge in [0.2, 0.25) is 0 Å². The Labute approximate surface area is 85.7 Å². The molecular formula is C9H10N2O2S. The van der Waals surface area contributed by atoms with Crippen molar-refractivity contribution >= 4 is 16.9 Å². The molecule has 1 aromatic carbocycles. The van der Waals surface area contributed by atoms with E-state index in [0.29, 0.717) is 0 Å². The zero-order chi connectivity index (χ0) is 9.97. The fourth-order valence-electron chi connectivity index (χ4n) is 1.12. The van der Waals surface area contributed by atoms with Gasteiger partial charge in [-0.2, -0.15) is 0 Å². The molecule has 0 aliphatic carbocycles. The average molecular weight is 210 g/mol. The second kappa shape index (κ2) is 3.79. The van der Waals surface area contributed by atoms with Gasteiger partial charge in [0.05, 0.1) is 6.54 Å². The molecule has 0 radical (unpaired) electrons. The number of aliphatic imine (C=N–C) groups is 1. The van der Waals surface area contributed by atoms with E-state index in [4.69, 9.17) is 5.11 Å². The molecule has 0 saturated heterocycles. The van der Waals surface area contributed by atoms with Crippen molar-refractivity contribution in [2.75, 3.05) is 13.1 Å². The molecule has 74 valence electrons. The Balaban J connectivity index is 2.13. The first-order valence-electron chi connectivity index (χ1n) is 4.24. The van der Waals surface area contributed by atoms with Gasteiger partial charge in [0.1, 0.15) is 0 Å². The van der Waals surface area contributed by atoms with Crippen molar-refractivity contribution in [2.24, 2.45) is 4.99 Å². The van der Waals surface area contributed by atoms with Crippen LogP contribution < -0.4 is 5.32 Å². The third-order valence-electron chi connectivity index (χ3n) is 1.80. The molecule has 0 aromatic heterocycles. The third kappa shape index (κ3) is 1.93. The highest BCUT2D eigenvalue weighted by molar-refractivity contribution is 8.13. The molecule has 0 unspecified atom stereocenters. The van der Waals surface area contributed by atoms with Crippen LogP contribution in [0.3, 0.4) is 0 Å². The quantitative estimate of drug-likeness (QED) is 0.608. The summed E-state index contributed by atoms with van der Waals surface area (Å²) in [6.45, 7) is 1.67. The summed E-state index contributed by atoms with van der Waals surface area (Å²) in [5.74, 6) is -0.204. The molecule has 0 spiro atoms. The maximum absolute atomic E-state index is 9.25. The molecule has 1 heterocycles. The zero-order valence-corrected chi connectivity index (χ0v) is 8.21. The van der Waals surface area contributed by atoms with Crippen molar-refractivity contribution in [2.45, 2.75) is 4.90 Å². The van der Waals surface area contributed by atoms with Gasteiger partial charge in [0, 0.05) is 11.4 Å². The lowest BCUT2D eigenvalue weighted by molar-refractivity contribution is 0.402. The highest BCUT2D eigenvalue weighted by Crippen LogP contribution is 2.30. The molecule has 1 aliphatic rings. The molecule has 2 rings (SSSR count). The number of phenols is 2. The molecule has 0 amide bonds. The number of benzene rings is 1. The van der Waals surface area contributed by atoms with Crippen molar-refractivity contribution in [1.29, 1.82) is 0 Å². The Kier molecular flexibility index (Phi) is 2.49.